The van der Waals surface area contributed by atoms with Crippen LogP contribution in [0.2, 0.25) is 0 Å². The Morgan fingerprint density at radius 2 is 1.88 bits per heavy atom. The second-order valence-corrected chi connectivity index (χ2v) is 8.29. The number of aromatic amines is 1. The van der Waals surface area contributed by atoms with Crippen molar-refractivity contribution in [2.45, 2.75) is 18.9 Å². The third kappa shape index (κ3) is 4.65. The summed E-state index contributed by atoms with van der Waals surface area (Å²) in [6.07, 6.45) is 1.74. The largest absolute Gasteiger partial charge is 0.465 e. The van der Waals surface area contributed by atoms with Gasteiger partial charge in [-0.15, -0.1) is 0 Å². The van der Waals surface area contributed by atoms with Crippen LogP contribution in [-0.4, -0.2) is 39.7 Å². The molecule has 2 aromatic carbocycles. The lowest BCUT2D eigenvalue weighted by atomic mass is 10.1. The number of aryl methyl sites for hydroxylation is 2. The Morgan fingerprint density at radius 3 is 2.62 bits per heavy atom. The number of H-pyrrole nitrogens is 1. The highest BCUT2D eigenvalue weighted by atomic mass is 32.2. The zero-order valence-electron chi connectivity index (χ0n) is 17.9. The Kier molecular flexibility index (Phi) is 6.23. The molecule has 0 fully saturated rings. The fourth-order valence-corrected chi connectivity index (χ4v) is 3.86. The average molecular weight is 447 g/mol. The minimum Gasteiger partial charge on any atom is -0.465 e. The van der Waals surface area contributed by atoms with Gasteiger partial charge in [0.15, 0.2) is 0 Å². The van der Waals surface area contributed by atoms with Crippen molar-refractivity contribution >= 4 is 40.4 Å². The lowest BCUT2D eigenvalue weighted by Gasteiger charge is -2.09. The molecule has 162 valence electrons. The number of nitrogens with one attached hydrogen (secondary N) is 2. The topological polar surface area (TPSA) is 97.0 Å². The van der Waals surface area contributed by atoms with Gasteiger partial charge in [-0.3, -0.25) is 4.79 Å². The SMILES string of the molecule is COC(=O)c1ccccc1NC(=O)CSc1ccc(-c2nc3cc(C)c(C)cc3[nH]2)cn1. The van der Waals surface area contributed by atoms with Crippen LogP contribution in [0, 0.1) is 13.8 Å². The van der Waals surface area contributed by atoms with Crippen molar-refractivity contribution in [2.24, 2.45) is 0 Å². The molecule has 0 radical (unpaired) electrons. The first kappa shape index (κ1) is 21.6. The molecular formula is C24H22N4O3S. The number of imidazole rings is 1. The van der Waals surface area contributed by atoms with Crippen LogP contribution in [0.5, 0.6) is 0 Å². The first-order valence-electron chi connectivity index (χ1n) is 9.98. The van der Waals surface area contributed by atoms with E-state index < -0.39 is 5.97 Å². The van der Waals surface area contributed by atoms with E-state index in [0.717, 1.165) is 22.4 Å². The summed E-state index contributed by atoms with van der Waals surface area (Å²) in [6.45, 7) is 4.15. The summed E-state index contributed by atoms with van der Waals surface area (Å²) in [6, 6.07) is 14.7. The Morgan fingerprint density at radius 1 is 1.09 bits per heavy atom. The fraction of sp³-hybridized carbons (Fsp3) is 0.167. The van der Waals surface area contributed by atoms with E-state index in [2.05, 4.69) is 46.2 Å². The van der Waals surface area contributed by atoms with Crippen molar-refractivity contribution in [2.75, 3.05) is 18.2 Å². The molecule has 0 bridgehead atoms. The molecule has 2 heterocycles. The van der Waals surface area contributed by atoms with Gasteiger partial charge < -0.3 is 15.0 Å². The number of rotatable bonds is 6. The molecule has 7 nitrogen and oxygen atoms in total. The molecule has 4 aromatic rings. The molecule has 8 heteroatoms. The summed E-state index contributed by atoms with van der Waals surface area (Å²) in [7, 11) is 1.31. The van der Waals surface area contributed by atoms with Gasteiger partial charge in [0, 0.05) is 11.8 Å². The molecule has 0 spiro atoms. The molecule has 0 aliphatic carbocycles. The third-order valence-electron chi connectivity index (χ3n) is 5.06. The van der Waals surface area contributed by atoms with E-state index in [1.807, 2.05) is 12.1 Å². The average Bonchev–Trinajstić information content (AvgIpc) is 3.20. The summed E-state index contributed by atoms with van der Waals surface area (Å²) < 4.78 is 4.75. The number of methoxy groups -OCH3 is 1. The molecule has 0 unspecified atom stereocenters. The first-order chi connectivity index (χ1) is 15.4. The lowest BCUT2D eigenvalue weighted by Crippen LogP contribution is -2.17. The van der Waals surface area contributed by atoms with Crippen LogP contribution in [-0.2, 0) is 9.53 Å². The van der Waals surface area contributed by atoms with Crippen molar-refractivity contribution in [1.29, 1.82) is 0 Å². The molecule has 0 aliphatic rings. The lowest BCUT2D eigenvalue weighted by molar-refractivity contribution is -0.113. The quantitative estimate of drug-likeness (QED) is 0.327. The molecule has 0 saturated heterocycles. The highest BCUT2D eigenvalue weighted by Crippen LogP contribution is 2.24. The maximum absolute atomic E-state index is 12.4. The Labute approximate surface area is 189 Å². The van der Waals surface area contributed by atoms with Crippen molar-refractivity contribution in [3.05, 3.63) is 71.4 Å². The monoisotopic (exact) mass is 446 g/mol. The summed E-state index contributed by atoms with van der Waals surface area (Å²) in [4.78, 5) is 36.6. The second-order valence-electron chi connectivity index (χ2n) is 7.30. The number of pyridine rings is 1. The van der Waals surface area contributed by atoms with E-state index in [4.69, 9.17) is 4.74 Å². The normalized spacial score (nSPS) is 10.8. The van der Waals surface area contributed by atoms with Gasteiger partial charge in [-0.25, -0.2) is 14.8 Å². The summed E-state index contributed by atoms with van der Waals surface area (Å²) >= 11 is 1.31. The van der Waals surface area contributed by atoms with Crippen LogP contribution in [0.25, 0.3) is 22.4 Å². The number of hydrogen-bond acceptors (Lipinski definition) is 6. The van der Waals surface area contributed by atoms with Gasteiger partial charge in [0.25, 0.3) is 0 Å². The number of para-hydroxylation sites is 1. The van der Waals surface area contributed by atoms with Gasteiger partial charge in [-0.05, 0) is 61.4 Å². The molecular weight excluding hydrogens is 424 g/mol. The molecule has 4 rings (SSSR count). The minimum absolute atomic E-state index is 0.158. The van der Waals surface area contributed by atoms with Crippen molar-refractivity contribution in [3.63, 3.8) is 0 Å². The van der Waals surface area contributed by atoms with Crippen LogP contribution in [0.3, 0.4) is 0 Å². The van der Waals surface area contributed by atoms with Gasteiger partial charge in [-0.1, -0.05) is 23.9 Å². The maximum Gasteiger partial charge on any atom is 0.339 e. The fourth-order valence-electron chi connectivity index (χ4n) is 3.22. The van der Waals surface area contributed by atoms with Gasteiger partial charge in [0.1, 0.15) is 5.82 Å². The molecule has 0 atom stereocenters. The number of esters is 1. The number of hydrogen-bond donors (Lipinski definition) is 2. The zero-order chi connectivity index (χ0) is 22.7. The highest BCUT2D eigenvalue weighted by Gasteiger charge is 2.14. The smallest absolute Gasteiger partial charge is 0.339 e. The summed E-state index contributed by atoms with van der Waals surface area (Å²) in [5, 5.41) is 3.47. The zero-order valence-corrected chi connectivity index (χ0v) is 18.7. The molecule has 0 aliphatic heterocycles. The number of amides is 1. The first-order valence-corrected chi connectivity index (χ1v) is 11.0. The predicted molar refractivity (Wildman–Crippen MR) is 126 cm³/mol. The van der Waals surface area contributed by atoms with E-state index in [-0.39, 0.29) is 11.7 Å². The number of anilines is 1. The number of aromatic nitrogens is 3. The third-order valence-corrected chi connectivity index (χ3v) is 6.01. The van der Waals surface area contributed by atoms with E-state index in [1.165, 1.54) is 30.0 Å². The van der Waals surface area contributed by atoms with Gasteiger partial charge in [0.2, 0.25) is 5.91 Å². The number of carbonyl (C=O) groups excluding carboxylic acids is 2. The number of carbonyl (C=O) groups is 2. The summed E-state index contributed by atoms with van der Waals surface area (Å²) in [5.74, 6) is 0.179. The van der Waals surface area contributed by atoms with Crippen LogP contribution < -0.4 is 5.32 Å². The van der Waals surface area contributed by atoms with Crippen LogP contribution in [0.4, 0.5) is 5.69 Å². The van der Waals surface area contributed by atoms with E-state index in [9.17, 15) is 9.59 Å². The number of fused-ring (bicyclic) bond motifs is 1. The second kappa shape index (κ2) is 9.23. The van der Waals surface area contributed by atoms with Crippen molar-refractivity contribution in [3.8, 4) is 11.4 Å². The molecule has 2 aromatic heterocycles. The van der Waals surface area contributed by atoms with E-state index >= 15 is 0 Å². The van der Waals surface area contributed by atoms with E-state index in [0.29, 0.717) is 16.3 Å². The predicted octanol–water partition coefficient (Wildman–Crippen LogP) is 4.76. The van der Waals surface area contributed by atoms with Gasteiger partial charge in [-0.2, -0.15) is 0 Å². The van der Waals surface area contributed by atoms with Gasteiger partial charge >= 0.3 is 5.97 Å². The standard InChI is InChI=1S/C24H22N4O3S/c1-14-10-19-20(11-15(14)2)28-23(27-19)16-8-9-22(25-12-16)32-13-21(29)26-18-7-5-4-6-17(18)24(30)31-3/h4-12H,13H2,1-3H3,(H,26,29)(H,27,28). The Balaban J connectivity index is 1.40. The number of ether oxygens (including phenoxy) is 1. The van der Waals surface area contributed by atoms with Crippen LogP contribution in [0.1, 0.15) is 21.5 Å². The Hall–Kier alpha value is -3.65. The van der Waals surface area contributed by atoms with E-state index in [1.54, 1.807) is 30.5 Å². The number of nitrogens with zero attached hydrogens (tertiary/aromatic N) is 2. The van der Waals surface area contributed by atoms with Crippen LogP contribution >= 0.6 is 11.8 Å². The molecule has 2 N–H and O–H groups in total. The maximum atomic E-state index is 12.4. The van der Waals surface area contributed by atoms with Crippen molar-refractivity contribution in [1.82, 2.24) is 15.0 Å². The number of thioether (sulfide) groups is 1. The molecule has 32 heavy (non-hydrogen) atoms. The highest BCUT2D eigenvalue weighted by molar-refractivity contribution is 7.99. The van der Waals surface area contributed by atoms with Crippen molar-refractivity contribution < 1.29 is 14.3 Å². The molecule has 1 amide bonds. The van der Waals surface area contributed by atoms with Crippen LogP contribution in [0.15, 0.2) is 59.8 Å². The minimum atomic E-state index is -0.498. The molecule has 0 saturated carbocycles. The Bertz CT molecular complexity index is 1260. The summed E-state index contributed by atoms with van der Waals surface area (Å²) in [5.41, 5.74) is 5.93. The number of benzene rings is 2. The van der Waals surface area contributed by atoms with Gasteiger partial charge in [0.05, 0.1) is 40.2 Å².